The number of carbonyl (C=O) groups is 1. The van der Waals surface area contributed by atoms with Crippen molar-refractivity contribution in [3.05, 3.63) is 46.8 Å². The lowest BCUT2D eigenvalue weighted by molar-refractivity contribution is -0.117. The summed E-state index contributed by atoms with van der Waals surface area (Å²) in [5, 5.41) is 0. The van der Waals surface area contributed by atoms with E-state index in [9.17, 15) is 13.2 Å². The Hall–Kier alpha value is -3.09. The quantitative estimate of drug-likeness (QED) is 0.545. The number of methoxy groups -OCH3 is 2. The molecule has 3 rings (SSSR count). The Kier molecular flexibility index (Phi) is 6.29. The largest absolute Gasteiger partial charge is 0.497 e. The highest BCUT2D eigenvalue weighted by Crippen LogP contribution is 2.25. The monoisotopic (exact) mass is 444 g/mol. The SMILES string of the molecule is C#CCn1c(=NC(=O)Cc2ccc(OC)cc2OC)sc2cc(S(C)(=O)=O)ccc21. The first-order chi connectivity index (χ1) is 14.3. The Bertz CT molecular complexity index is 1330. The number of aromatic nitrogens is 1. The van der Waals surface area contributed by atoms with Gasteiger partial charge in [0.25, 0.3) is 5.91 Å². The average Bonchev–Trinajstić information content (AvgIpc) is 3.04. The maximum atomic E-state index is 12.7. The second kappa shape index (κ2) is 8.73. The van der Waals surface area contributed by atoms with Crippen molar-refractivity contribution < 1.29 is 22.7 Å². The van der Waals surface area contributed by atoms with E-state index < -0.39 is 9.84 Å². The molecule has 0 spiro atoms. The number of amides is 1. The molecule has 0 aliphatic carbocycles. The molecule has 0 saturated heterocycles. The van der Waals surface area contributed by atoms with Crippen LogP contribution in [-0.4, -0.2) is 39.4 Å². The van der Waals surface area contributed by atoms with Crippen LogP contribution in [0.1, 0.15) is 5.56 Å². The van der Waals surface area contributed by atoms with Crippen molar-refractivity contribution >= 4 is 37.3 Å². The van der Waals surface area contributed by atoms with Gasteiger partial charge in [-0.25, -0.2) is 8.42 Å². The molecule has 0 bridgehead atoms. The van der Waals surface area contributed by atoms with Gasteiger partial charge in [-0.15, -0.1) is 6.42 Å². The van der Waals surface area contributed by atoms with Crippen LogP contribution < -0.4 is 14.3 Å². The summed E-state index contributed by atoms with van der Waals surface area (Å²) in [5.41, 5.74) is 1.40. The van der Waals surface area contributed by atoms with Crippen LogP contribution in [0.2, 0.25) is 0 Å². The third-order valence-electron chi connectivity index (χ3n) is 4.39. The van der Waals surface area contributed by atoms with Crippen LogP contribution in [0, 0.1) is 12.3 Å². The topological polar surface area (TPSA) is 87.0 Å². The molecule has 1 amide bonds. The Morgan fingerprint density at radius 2 is 1.97 bits per heavy atom. The van der Waals surface area contributed by atoms with Crippen molar-refractivity contribution in [3.8, 4) is 23.8 Å². The van der Waals surface area contributed by atoms with Crippen molar-refractivity contribution in [1.29, 1.82) is 0 Å². The van der Waals surface area contributed by atoms with E-state index >= 15 is 0 Å². The minimum Gasteiger partial charge on any atom is -0.497 e. The van der Waals surface area contributed by atoms with Gasteiger partial charge >= 0.3 is 0 Å². The molecule has 0 fully saturated rings. The fourth-order valence-corrected chi connectivity index (χ4v) is 4.73. The van der Waals surface area contributed by atoms with Crippen LogP contribution in [0.15, 0.2) is 46.3 Å². The first kappa shape index (κ1) is 21.6. The first-order valence-electron chi connectivity index (χ1n) is 8.82. The second-order valence-electron chi connectivity index (χ2n) is 6.44. The highest BCUT2D eigenvalue weighted by Gasteiger charge is 2.14. The van der Waals surface area contributed by atoms with Crippen molar-refractivity contribution in [2.45, 2.75) is 17.9 Å². The van der Waals surface area contributed by atoms with Crippen LogP contribution in [0.3, 0.4) is 0 Å². The maximum Gasteiger partial charge on any atom is 0.252 e. The number of nitrogens with zero attached hydrogens (tertiary/aromatic N) is 2. The molecule has 3 aromatic rings. The fraction of sp³-hybridized carbons (Fsp3) is 0.238. The van der Waals surface area contributed by atoms with E-state index in [1.54, 1.807) is 42.0 Å². The van der Waals surface area contributed by atoms with Gasteiger partial charge < -0.3 is 14.0 Å². The number of hydrogen-bond acceptors (Lipinski definition) is 6. The highest BCUT2D eigenvalue weighted by molar-refractivity contribution is 7.90. The zero-order chi connectivity index (χ0) is 21.9. The van der Waals surface area contributed by atoms with Gasteiger partial charge in [0.2, 0.25) is 0 Å². The van der Waals surface area contributed by atoms with E-state index in [1.807, 2.05) is 0 Å². The molecular formula is C21H20N2O5S2. The Labute approximate surface area is 178 Å². The predicted octanol–water partition coefficient (Wildman–Crippen LogP) is 2.43. The Morgan fingerprint density at radius 1 is 1.20 bits per heavy atom. The summed E-state index contributed by atoms with van der Waals surface area (Å²) in [6.07, 6.45) is 6.66. The molecule has 1 heterocycles. The standard InChI is InChI=1S/C21H20N2O5S2/c1-5-10-23-17-9-8-16(30(4,25)26)13-19(17)29-21(23)22-20(24)11-14-6-7-15(27-2)12-18(14)28-3/h1,6-9,12-13H,10-11H2,2-4H3. The van der Waals surface area contributed by atoms with Gasteiger partial charge in [-0.05, 0) is 24.3 Å². The average molecular weight is 445 g/mol. The van der Waals surface area contributed by atoms with Crippen LogP contribution in [0.4, 0.5) is 0 Å². The number of rotatable bonds is 6. The molecule has 0 N–H and O–H groups in total. The van der Waals surface area contributed by atoms with Gasteiger partial charge in [0, 0.05) is 17.9 Å². The smallest absolute Gasteiger partial charge is 0.252 e. The second-order valence-corrected chi connectivity index (χ2v) is 9.46. The van der Waals surface area contributed by atoms with Crippen LogP contribution in [0.25, 0.3) is 10.2 Å². The normalized spacial score (nSPS) is 12.0. The molecule has 156 valence electrons. The van der Waals surface area contributed by atoms with Gasteiger partial charge in [0.15, 0.2) is 14.6 Å². The van der Waals surface area contributed by atoms with Crippen molar-refractivity contribution in [3.63, 3.8) is 0 Å². The first-order valence-corrected chi connectivity index (χ1v) is 11.5. The number of thiazole rings is 1. The number of benzene rings is 2. The van der Waals surface area contributed by atoms with Crippen molar-refractivity contribution in [2.24, 2.45) is 4.99 Å². The molecule has 2 aromatic carbocycles. The molecule has 0 saturated carbocycles. The van der Waals surface area contributed by atoms with E-state index in [2.05, 4.69) is 10.9 Å². The third-order valence-corrected chi connectivity index (χ3v) is 6.54. The number of ether oxygens (including phenoxy) is 2. The number of terminal acetylenes is 1. The Balaban J connectivity index is 2.03. The lowest BCUT2D eigenvalue weighted by Crippen LogP contribution is -2.17. The maximum absolute atomic E-state index is 12.7. The molecule has 0 aliphatic heterocycles. The lowest BCUT2D eigenvalue weighted by Gasteiger charge is -2.08. The van der Waals surface area contributed by atoms with E-state index in [-0.39, 0.29) is 23.8 Å². The van der Waals surface area contributed by atoms with Crippen LogP contribution >= 0.6 is 11.3 Å². The van der Waals surface area contributed by atoms with Gasteiger partial charge in [-0.3, -0.25) is 4.79 Å². The van der Waals surface area contributed by atoms with Gasteiger partial charge in [0.1, 0.15) is 11.5 Å². The molecule has 0 aliphatic rings. The van der Waals surface area contributed by atoms with Gasteiger partial charge in [-0.2, -0.15) is 4.99 Å². The molecule has 9 heteroatoms. The fourth-order valence-electron chi connectivity index (χ4n) is 2.92. The molecule has 1 aromatic heterocycles. The van der Waals surface area contributed by atoms with E-state index in [1.165, 1.54) is 24.5 Å². The molecule has 7 nitrogen and oxygen atoms in total. The summed E-state index contributed by atoms with van der Waals surface area (Å²) in [5.74, 6) is 3.33. The minimum atomic E-state index is -3.35. The summed E-state index contributed by atoms with van der Waals surface area (Å²) in [4.78, 5) is 17.5. The highest BCUT2D eigenvalue weighted by atomic mass is 32.2. The van der Waals surface area contributed by atoms with Crippen LogP contribution in [0.5, 0.6) is 11.5 Å². The zero-order valence-corrected chi connectivity index (χ0v) is 18.3. The summed E-state index contributed by atoms with van der Waals surface area (Å²) in [6.45, 7) is 0.205. The number of sulfone groups is 1. The molecular weight excluding hydrogens is 424 g/mol. The van der Waals surface area contributed by atoms with Gasteiger partial charge in [0.05, 0.1) is 42.3 Å². The lowest BCUT2D eigenvalue weighted by atomic mass is 10.1. The summed E-state index contributed by atoms with van der Waals surface area (Å²) >= 11 is 1.21. The number of fused-ring (bicyclic) bond motifs is 1. The van der Waals surface area contributed by atoms with Gasteiger partial charge in [-0.1, -0.05) is 23.3 Å². The van der Waals surface area contributed by atoms with E-state index in [4.69, 9.17) is 15.9 Å². The van der Waals surface area contributed by atoms with Crippen molar-refractivity contribution in [2.75, 3.05) is 20.5 Å². The zero-order valence-electron chi connectivity index (χ0n) is 16.7. The molecule has 0 atom stereocenters. The van der Waals surface area contributed by atoms with Crippen molar-refractivity contribution in [1.82, 2.24) is 4.57 Å². The number of carbonyl (C=O) groups excluding carboxylic acids is 1. The summed E-state index contributed by atoms with van der Waals surface area (Å²) < 4.78 is 36.6. The number of hydrogen-bond donors (Lipinski definition) is 0. The molecule has 0 unspecified atom stereocenters. The predicted molar refractivity (Wildman–Crippen MR) is 116 cm³/mol. The van der Waals surface area contributed by atoms with E-state index in [0.717, 1.165) is 11.8 Å². The summed E-state index contributed by atoms with van der Waals surface area (Å²) in [7, 11) is -0.281. The third kappa shape index (κ3) is 4.56. The Morgan fingerprint density at radius 3 is 2.60 bits per heavy atom. The van der Waals surface area contributed by atoms with E-state index in [0.29, 0.717) is 26.6 Å². The molecule has 30 heavy (non-hydrogen) atoms. The van der Waals surface area contributed by atoms with Crippen LogP contribution in [-0.2, 0) is 27.6 Å². The summed E-state index contributed by atoms with van der Waals surface area (Å²) in [6, 6.07) is 9.96. The minimum absolute atomic E-state index is 0.0338. The molecule has 0 radical (unpaired) electrons.